The van der Waals surface area contributed by atoms with E-state index < -0.39 is 0 Å². The van der Waals surface area contributed by atoms with E-state index in [-0.39, 0.29) is 0 Å². The van der Waals surface area contributed by atoms with E-state index in [4.69, 9.17) is 5.73 Å². The average Bonchev–Trinajstić information content (AvgIpc) is 2.67. The van der Waals surface area contributed by atoms with E-state index in [0.29, 0.717) is 0 Å². The lowest BCUT2D eigenvalue weighted by Crippen LogP contribution is -2.05. The van der Waals surface area contributed by atoms with Crippen molar-refractivity contribution in [1.29, 1.82) is 0 Å². The molecule has 0 heterocycles. The normalized spacial score (nSPS) is 25.7. The molecule has 15 heavy (non-hydrogen) atoms. The van der Waals surface area contributed by atoms with Crippen molar-refractivity contribution in [3.63, 3.8) is 0 Å². The van der Waals surface area contributed by atoms with Gasteiger partial charge in [0.1, 0.15) is 0 Å². The zero-order valence-corrected chi connectivity index (χ0v) is 10.5. The summed E-state index contributed by atoms with van der Waals surface area (Å²) in [6.07, 6.45) is 5.22. The van der Waals surface area contributed by atoms with Crippen LogP contribution in [0.4, 0.5) is 0 Å². The lowest BCUT2D eigenvalue weighted by molar-refractivity contribution is 0.503. The predicted octanol–water partition coefficient (Wildman–Crippen LogP) is 3.68. The van der Waals surface area contributed by atoms with Crippen LogP contribution in [0.15, 0.2) is 28.7 Å². The van der Waals surface area contributed by atoms with Crippen LogP contribution >= 0.6 is 15.9 Å². The van der Waals surface area contributed by atoms with E-state index >= 15 is 0 Å². The molecule has 1 aliphatic rings. The van der Waals surface area contributed by atoms with Crippen LogP contribution in [0.1, 0.15) is 37.2 Å². The van der Waals surface area contributed by atoms with Crippen molar-refractivity contribution in [3.05, 3.63) is 34.3 Å². The largest absolute Gasteiger partial charge is 0.330 e. The lowest BCUT2D eigenvalue weighted by Gasteiger charge is -2.11. The highest BCUT2D eigenvalue weighted by atomic mass is 79.9. The molecule has 1 saturated carbocycles. The van der Waals surface area contributed by atoms with Crippen molar-refractivity contribution in [3.8, 4) is 0 Å². The Morgan fingerprint density at radius 1 is 1.33 bits per heavy atom. The molecule has 1 aromatic carbocycles. The highest BCUT2D eigenvalue weighted by molar-refractivity contribution is 9.10. The third-order valence-electron chi connectivity index (χ3n) is 3.44. The Morgan fingerprint density at radius 2 is 2.20 bits per heavy atom. The minimum Gasteiger partial charge on any atom is -0.330 e. The fourth-order valence-electron chi connectivity index (χ4n) is 2.64. The van der Waals surface area contributed by atoms with Gasteiger partial charge in [-0.2, -0.15) is 0 Å². The molecule has 82 valence electrons. The number of nitrogens with two attached hydrogens (primary N) is 1. The van der Waals surface area contributed by atoms with Crippen molar-refractivity contribution >= 4 is 15.9 Å². The molecule has 0 aliphatic heterocycles. The molecule has 0 amide bonds. The van der Waals surface area contributed by atoms with Gasteiger partial charge < -0.3 is 5.73 Å². The Hall–Kier alpha value is -0.340. The van der Waals surface area contributed by atoms with Gasteiger partial charge in [-0.3, -0.25) is 0 Å². The van der Waals surface area contributed by atoms with Crippen molar-refractivity contribution in [2.75, 3.05) is 6.54 Å². The maximum atomic E-state index is 5.61. The number of hydrogen-bond donors (Lipinski definition) is 1. The van der Waals surface area contributed by atoms with Gasteiger partial charge in [0, 0.05) is 4.47 Å². The maximum Gasteiger partial charge on any atom is 0.0178 e. The summed E-state index contributed by atoms with van der Waals surface area (Å²) in [6, 6.07) is 8.74. The molecule has 1 aromatic rings. The quantitative estimate of drug-likeness (QED) is 0.889. The van der Waals surface area contributed by atoms with E-state index in [1.54, 1.807) is 0 Å². The van der Waals surface area contributed by atoms with Crippen LogP contribution < -0.4 is 5.73 Å². The molecule has 0 radical (unpaired) electrons. The first-order valence-corrected chi connectivity index (χ1v) is 6.54. The molecule has 0 bridgehead atoms. The Bertz CT molecular complexity index is 324. The molecule has 2 N–H and O–H groups in total. The summed E-state index contributed by atoms with van der Waals surface area (Å²) < 4.78 is 1.20. The summed E-state index contributed by atoms with van der Waals surface area (Å²) in [4.78, 5) is 0. The number of hydrogen-bond acceptors (Lipinski definition) is 1. The summed E-state index contributed by atoms with van der Waals surface area (Å²) in [5.41, 5.74) is 7.10. The summed E-state index contributed by atoms with van der Waals surface area (Å²) in [5, 5.41) is 0. The molecule has 0 spiro atoms. The summed E-state index contributed by atoms with van der Waals surface area (Å²) >= 11 is 3.54. The molecular formula is C13H18BrN. The van der Waals surface area contributed by atoms with Crippen molar-refractivity contribution < 1.29 is 0 Å². The van der Waals surface area contributed by atoms with Crippen molar-refractivity contribution in [1.82, 2.24) is 0 Å². The average molecular weight is 268 g/mol. The Morgan fingerprint density at radius 3 is 2.93 bits per heavy atom. The van der Waals surface area contributed by atoms with Gasteiger partial charge in [0.2, 0.25) is 0 Å². The standard InChI is InChI=1S/C13H18BrN/c14-13-3-1-2-11(9-13)12-5-4-10(8-12)6-7-15/h1-3,9-10,12H,4-8,15H2. The minimum atomic E-state index is 0.763. The molecule has 1 fully saturated rings. The first-order chi connectivity index (χ1) is 7.29. The number of benzene rings is 1. The monoisotopic (exact) mass is 267 g/mol. The SMILES string of the molecule is NCCC1CCC(c2cccc(Br)c2)C1. The molecule has 2 unspecified atom stereocenters. The van der Waals surface area contributed by atoms with Crippen LogP contribution in [-0.2, 0) is 0 Å². The van der Waals surface area contributed by atoms with Crippen LogP contribution in [0.25, 0.3) is 0 Å². The fourth-order valence-corrected chi connectivity index (χ4v) is 3.05. The highest BCUT2D eigenvalue weighted by Crippen LogP contribution is 2.39. The van der Waals surface area contributed by atoms with Gasteiger partial charge in [-0.25, -0.2) is 0 Å². The Labute approximate surface area is 100 Å². The third kappa shape index (κ3) is 2.82. The molecule has 2 atom stereocenters. The third-order valence-corrected chi connectivity index (χ3v) is 3.93. The van der Waals surface area contributed by atoms with Gasteiger partial charge >= 0.3 is 0 Å². The first kappa shape index (κ1) is 11.2. The molecule has 0 saturated heterocycles. The number of halogens is 1. The van der Waals surface area contributed by atoms with Crippen LogP contribution in [0.2, 0.25) is 0 Å². The van der Waals surface area contributed by atoms with E-state index in [1.807, 2.05) is 0 Å². The van der Waals surface area contributed by atoms with Crippen LogP contribution in [0, 0.1) is 5.92 Å². The van der Waals surface area contributed by atoms with Gasteiger partial charge in [0.25, 0.3) is 0 Å². The second-order valence-electron chi connectivity index (χ2n) is 4.51. The van der Waals surface area contributed by atoms with Crippen LogP contribution in [0.5, 0.6) is 0 Å². The summed E-state index contributed by atoms with van der Waals surface area (Å²) in [6.45, 7) is 0.843. The van der Waals surface area contributed by atoms with Gasteiger partial charge in [0.15, 0.2) is 0 Å². The Balaban J connectivity index is 2.01. The molecule has 1 nitrogen and oxygen atoms in total. The molecule has 0 aromatic heterocycles. The summed E-state index contributed by atoms with van der Waals surface area (Å²) in [5.74, 6) is 1.62. The molecule has 2 heteroatoms. The lowest BCUT2D eigenvalue weighted by atomic mass is 9.95. The van der Waals surface area contributed by atoms with E-state index in [2.05, 4.69) is 40.2 Å². The van der Waals surface area contributed by atoms with Crippen molar-refractivity contribution in [2.45, 2.75) is 31.6 Å². The van der Waals surface area contributed by atoms with E-state index in [1.165, 1.54) is 35.7 Å². The Kier molecular flexibility index (Phi) is 3.81. The summed E-state index contributed by atoms with van der Waals surface area (Å²) in [7, 11) is 0. The second kappa shape index (κ2) is 5.13. The van der Waals surface area contributed by atoms with Crippen molar-refractivity contribution in [2.24, 2.45) is 11.7 Å². The van der Waals surface area contributed by atoms with Gasteiger partial charge in [-0.1, -0.05) is 28.1 Å². The first-order valence-electron chi connectivity index (χ1n) is 5.75. The van der Waals surface area contributed by atoms with Gasteiger partial charge in [-0.05, 0) is 61.8 Å². The van der Waals surface area contributed by atoms with Crippen LogP contribution in [0.3, 0.4) is 0 Å². The van der Waals surface area contributed by atoms with Gasteiger partial charge in [0.05, 0.1) is 0 Å². The molecule has 2 rings (SSSR count). The number of rotatable bonds is 3. The van der Waals surface area contributed by atoms with E-state index in [9.17, 15) is 0 Å². The predicted molar refractivity (Wildman–Crippen MR) is 67.9 cm³/mol. The fraction of sp³-hybridized carbons (Fsp3) is 0.538. The van der Waals surface area contributed by atoms with Gasteiger partial charge in [-0.15, -0.1) is 0 Å². The van der Waals surface area contributed by atoms with E-state index in [0.717, 1.165) is 18.4 Å². The zero-order chi connectivity index (χ0) is 10.7. The zero-order valence-electron chi connectivity index (χ0n) is 8.95. The molecule has 1 aliphatic carbocycles. The molecular weight excluding hydrogens is 250 g/mol. The second-order valence-corrected chi connectivity index (χ2v) is 5.42. The minimum absolute atomic E-state index is 0.763. The maximum absolute atomic E-state index is 5.61. The highest BCUT2D eigenvalue weighted by Gasteiger charge is 2.25. The smallest absolute Gasteiger partial charge is 0.0178 e. The topological polar surface area (TPSA) is 26.0 Å². The van der Waals surface area contributed by atoms with Crippen LogP contribution in [-0.4, -0.2) is 6.54 Å².